The van der Waals surface area contributed by atoms with Crippen molar-refractivity contribution in [3.63, 3.8) is 0 Å². The van der Waals surface area contributed by atoms with Crippen molar-refractivity contribution in [2.24, 2.45) is 0 Å². The molecule has 2 aliphatic carbocycles. The summed E-state index contributed by atoms with van der Waals surface area (Å²) in [6.45, 7) is 2.36. The number of aryl methyl sites for hydroxylation is 2. The maximum atomic E-state index is 3.89. The molecule has 1 heterocycles. The van der Waals surface area contributed by atoms with Crippen LogP contribution in [0.15, 0.2) is 6.07 Å². The van der Waals surface area contributed by atoms with Crippen molar-refractivity contribution in [3.8, 4) is 0 Å². The first-order chi connectivity index (χ1) is 9.76. The van der Waals surface area contributed by atoms with E-state index in [1.54, 1.807) is 15.3 Å². The molecule has 1 fully saturated rings. The third-order valence-corrected chi connectivity index (χ3v) is 7.49. The van der Waals surface area contributed by atoms with Crippen molar-refractivity contribution in [2.75, 3.05) is 6.26 Å². The minimum Gasteiger partial charge on any atom is -0.307 e. The molecule has 0 aromatic carbocycles. The molecule has 0 saturated heterocycles. The number of thiophene rings is 1. The highest BCUT2D eigenvalue weighted by atomic mass is 32.2. The van der Waals surface area contributed by atoms with Crippen LogP contribution in [0, 0.1) is 0 Å². The molecule has 1 unspecified atom stereocenters. The van der Waals surface area contributed by atoms with E-state index in [9.17, 15) is 0 Å². The fourth-order valence-corrected chi connectivity index (χ4v) is 5.64. The van der Waals surface area contributed by atoms with E-state index in [4.69, 9.17) is 0 Å². The molecule has 1 aromatic heterocycles. The Morgan fingerprint density at radius 3 is 2.65 bits per heavy atom. The number of rotatable bonds is 4. The van der Waals surface area contributed by atoms with Gasteiger partial charge in [0.2, 0.25) is 0 Å². The first-order valence-electron chi connectivity index (χ1n) is 8.16. The molecule has 1 saturated carbocycles. The number of thioether (sulfide) groups is 1. The van der Waals surface area contributed by atoms with Gasteiger partial charge in [0, 0.05) is 27.1 Å². The Labute approximate surface area is 131 Å². The third-order valence-electron chi connectivity index (χ3n) is 4.94. The second-order valence-electron chi connectivity index (χ2n) is 6.40. The molecule has 3 rings (SSSR count). The zero-order valence-corrected chi connectivity index (χ0v) is 14.4. The highest BCUT2D eigenvalue weighted by Crippen LogP contribution is 2.34. The second-order valence-corrected chi connectivity index (χ2v) is 8.71. The van der Waals surface area contributed by atoms with E-state index in [1.807, 2.05) is 0 Å². The van der Waals surface area contributed by atoms with Crippen molar-refractivity contribution >= 4 is 23.1 Å². The van der Waals surface area contributed by atoms with Crippen LogP contribution < -0.4 is 5.32 Å². The van der Waals surface area contributed by atoms with Gasteiger partial charge in [-0.2, -0.15) is 11.8 Å². The van der Waals surface area contributed by atoms with E-state index in [1.165, 1.54) is 51.4 Å². The fraction of sp³-hybridized carbons (Fsp3) is 0.765. The second kappa shape index (κ2) is 6.85. The third kappa shape index (κ3) is 3.42. The lowest BCUT2D eigenvalue weighted by molar-refractivity contribution is 0.354. The van der Waals surface area contributed by atoms with Crippen LogP contribution >= 0.6 is 23.1 Å². The van der Waals surface area contributed by atoms with Crippen molar-refractivity contribution in [3.05, 3.63) is 21.4 Å². The Morgan fingerprint density at radius 1 is 1.20 bits per heavy atom. The Bertz CT molecular complexity index is 409. The van der Waals surface area contributed by atoms with Gasteiger partial charge in [0.25, 0.3) is 0 Å². The first-order valence-corrected chi connectivity index (χ1v) is 10.3. The van der Waals surface area contributed by atoms with Gasteiger partial charge in [-0.15, -0.1) is 11.3 Å². The van der Waals surface area contributed by atoms with Crippen molar-refractivity contribution in [2.45, 2.75) is 75.6 Å². The maximum absolute atomic E-state index is 3.89. The van der Waals surface area contributed by atoms with E-state index < -0.39 is 0 Å². The molecular formula is C17H27NS2. The summed E-state index contributed by atoms with van der Waals surface area (Å²) in [6, 6.07) is 3.78. The van der Waals surface area contributed by atoms with Crippen molar-refractivity contribution < 1.29 is 0 Å². The Kier molecular flexibility index (Phi) is 5.11. The number of nitrogens with one attached hydrogen (secondary N) is 1. The Morgan fingerprint density at radius 2 is 1.95 bits per heavy atom. The van der Waals surface area contributed by atoms with Crippen molar-refractivity contribution in [1.82, 2.24) is 5.32 Å². The highest BCUT2D eigenvalue weighted by Gasteiger charge is 2.23. The summed E-state index contributed by atoms with van der Waals surface area (Å²) in [5.41, 5.74) is 1.65. The zero-order chi connectivity index (χ0) is 13.9. The zero-order valence-electron chi connectivity index (χ0n) is 12.8. The van der Waals surface area contributed by atoms with Gasteiger partial charge in [-0.05, 0) is 76.2 Å². The molecule has 3 heteroatoms. The van der Waals surface area contributed by atoms with Crippen LogP contribution in [-0.4, -0.2) is 17.5 Å². The lowest BCUT2D eigenvalue weighted by atomic mass is 9.94. The molecule has 1 aromatic rings. The van der Waals surface area contributed by atoms with Crippen LogP contribution in [0.4, 0.5) is 0 Å². The van der Waals surface area contributed by atoms with Gasteiger partial charge >= 0.3 is 0 Å². The predicted octanol–water partition coefficient (Wildman–Crippen LogP) is 4.95. The van der Waals surface area contributed by atoms with Gasteiger partial charge in [-0.3, -0.25) is 0 Å². The minimum absolute atomic E-state index is 0.543. The summed E-state index contributed by atoms with van der Waals surface area (Å²) in [6.07, 6.45) is 13.2. The lowest BCUT2D eigenvalue weighted by Crippen LogP contribution is -2.35. The summed E-state index contributed by atoms with van der Waals surface area (Å²) < 4.78 is 0. The molecular weight excluding hydrogens is 282 g/mol. The Hall–Kier alpha value is 0.01000. The summed E-state index contributed by atoms with van der Waals surface area (Å²) in [4.78, 5) is 3.25. The minimum atomic E-state index is 0.543. The van der Waals surface area contributed by atoms with Crippen molar-refractivity contribution in [1.29, 1.82) is 0 Å². The summed E-state index contributed by atoms with van der Waals surface area (Å²) in [5.74, 6) is 0. The van der Waals surface area contributed by atoms with Gasteiger partial charge in [0.05, 0.1) is 0 Å². The number of fused-ring (bicyclic) bond motifs is 1. The average Bonchev–Trinajstić information content (AvgIpc) is 2.92. The molecule has 20 heavy (non-hydrogen) atoms. The highest BCUT2D eigenvalue weighted by molar-refractivity contribution is 7.99. The molecule has 0 amide bonds. The maximum Gasteiger partial charge on any atom is 0.0388 e. The van der Waals surface area contributed by atoms with Gasteiger partial charge < -0.3 is 5.32 Å². The number of hydrogen-bond acceptors (Lipinski definition) is 3. The Balaban J connectivity index is 1.56. The fourth-order valence-electron chi connectivity index (χ4n) is 3.63. The van der Waals surface area contributed by atoms with Crippen LogP contribution in [0.3, 0.4) is 0 Å². The predicted molar refractivity (Wildman–Crippen MR) is 92.1 cm³/mol. The smallest absolute Gasteiger partial charge is 0.0388 e. The largest absolute Gasteiger partial charge is 0.307 e. The summed E-state index contributed by atoms with van der Waals surface area (Å²) in [7, 11) is 0. The van der Waals surface area contributed by atoms with E-state index >= 15 is 0 Å². The molecule has 0 spiro atoms. The summed E-state index contributed by atoms with van der Waals surface area (Å²) in [5, 5.41) is 4.80. The normalized spacial score (nSPS) is 28.1. The number of hydrogen-bond donors (Lipinski definition) is 1. The molecule has 0 radical (unpaired) electrons. The topological polar surface area (TPSA) is 12.0 Å². The molecule has 1 N–H and O–H groups in total. The van der Waals surface area contributed by atoms with Gasteiger partial charge in [0.15, 0.2) is 0 Å². The molecule has 1 nitrogen and oxygen atoms in total. The van der Waals surface area contributed by atoms with Crippen LogP contribution in [-0.2, 0) is 12.8 Å². The van der Waals surface area contributed by atoms with Crippen LogP contribution in [0.25, 0.3) is 0 Å². The monoisotopic (exact) mass is 309 g/mol. The van der Waals surface area contributed by atoms with Gasteiger partial charge in [-0.1, -0.05) is 0 Å². The summed E-state index contributed by atoms with van der Waals surface area (Å²) >= 11 is 4.13. The molecule has 0 aliphatic heterocycles. The SMILES string of the molecule is CSC1CCC(NC(C)c2cc3c(s2)CCCC3)CC1. The van der Waals surface area contributed by atoms with E-state index in [2.05, 4.69) is 47.7 Å². The standard InChI is InChI=1S/C17H27NS2/c1-12(18-14-7-9-15(19-2)10-8-14)17-11-13-5-3-4-6-16(13)20-17/h11-12,14-15,18H,3-10H2,1-2H3. The van der Waals surface area contributed by atoms with Crippen LogP contribution in [0.5, 0.6) is 0 Å². The lowest BCUT2D eigenvalue weighted by Gasteiger charge is -2.30. The first kappa shape index (κ1) is 14.9. The molecule has 0 bridgehead atoms. The van der Waals surface area contributed by atoms with Crippen LogP contribution in [0.2, 0.25) is 0 Å². The molecule has 1 atom stereocenters. The van der Waals surface area contributed by atoms with Gasteiger partial charge in [0.1, 0.15) is 0 Å². The van der Waals surface area contributed by atoms with E-state index in [0.29, 0.717) is 6.04 Å². The van der Waals surface area contributed by atoms with E-state index in [0.717, 1.165) is 11.3 Å². The van der Waals surface area contributed by atoms with E-state index in [-0.39, 0.29) is 0 Å². The average molecular weight is 310 g/mol. The molecule has 112 valence electrons. The molecule has 2 aliphatic rings. The van der Waals surface area contributed by atoms with Gasteiger partial charge in [-0.25, -0.2) is 0 Å². The quantitative estimate of drug-likeness (QED) is 0.844. The van der Waals surface area contributed by atoms with Crippen LogP contribution in [0.1, 0.15) is 66.8 Å².